The molecule has 12 heavy (non-hydrogen) atoms. The van der Waals surface area contributed by atoms with Crippen LogP contribution in [0.25, 0.3) is 0 Å². The second kappa shape index (κ2) is 7.64. The van der Waals surface area contributed by atoms with Crippen LogP contribution >= 0.6 is 0 Å². The first-order valence-electron chi connectivity index (χ1n) is 5.66. The Hall–Kier alpha value is 0. The van der Waals surface area contributed by atoms with E-state index >= 15 is 0 Å². The maximum absolute atomic E-state index is 2.34. The van der Waals surface area contributed by atoms with Crippen molar-refractivity contribution in [1.29, 1.82) is 0 Å². The van der Waals surface area contributed by atoms with Crippen LogP contribution in [-0.4, -0.2) is 0 Å². The third-order valence-corrected chi connectivity index (χ3v) is 2.51. The van der Waals surface area contributed by atoms with Crippen LogP contribution in [0.5, 0.6) is 0 Å². The lowest BCUT2D eigenvalue weighted by molar-refractivity contribution is 0.576. The number of rotatable bonds is 2. The average Bonchev–Trinajstić information content (AvgIpc) is 2.40. The Kier molecular flexibility index (Phi) is 7.64. The fourth-order valence-corrected chi connectivity index (χ4v) is 1.71. The van der Waals surface area contributed by atoms with E-state index in [1.807, 2.05) is 0 Å². The fraction of sp³-hybridized carbons (Fsp3) is 1.00. The maximum atomic E-state index is 2.34. The first-order valence-corrected chi connectivity index (χ1v) is 5.66. The van der Waals surface area contributed by atoms with Crippen molar-refractivity contribution < 1.29 is 0 Å². The molecule has 0 aromatic heterocycles. The topological polar surface area (TPSA) is 0 Å². The van der Waals surface area contributed by atoms with Gasteiger partial charge in [0.1, 0.15) is 0 Å². The standard InChI is InChI=1S/C6H12.C6H14/c1-6-4-2-3-5-6;1-4-5-6(2)3/h6H,2-5H2,1H3;6H,4-5H2,1-3H3. The van der Waals surface area contributed by atoms with Crippen LogP contribution in [0.2, 0.25) is 0 Å². The zero-order valence-electron chi connectivity index (χ0n) is 9.40. The smallest absolute Gasteiger partial charge is 0.0443 e. The van der Waals surface area contributed by atoms with E-state index in [9.17, 15) is 0 Å². The monoisotopic (exact) mass is 170 g/mol. The molecule has 0 heterocycles. The van der Waals surface area contributed by atoms with E-state index in [0.717, 1.165) is 11.8 Å². The quantitative estimate of drug-likeness (QED) is 0.566. The summed E-state index contributed by atoms with van der Waals surface area (Å²) in [5.74, 6) is 1.94. The van der Waals surface area contributed by atoms with Crippen molar-refractivity contribution in [2.45, 2.75) is 66.2 Å². The highest BCUT2D eigenvalue weighted by molar-refractivity contribution is 4.60. The van der Waals surface area contributed by atoms with Crippen LogP contribution in [0.1, 0.15) is 66.2 Å². The van der Waals surface area contributed by atoms with E-state index in [-0.39, 0.29) is 0 Å². The van der Waals surface area contributed by atoms with Crippen LogP contribution in [0.15, 0.2) is 0 Å². The molecule has 0 aromatic carbocycles. The van der Waals surface area contributed by atoms with Gasteiger partial charge in [-0.1, -0.05) is 66.2 Å². The van der Waals surface area contributed by atoms with E-state index in [4.69, 9.17) is 0 Å². The number of hydrogen-bond donors (Lipinski definition) is 0. The van der Waals surface area contributed by atoms with Gasteiger partial charge in [0.25, 0.3) is 0 Å². The van der Waals surface area contributed by atoms with Crippen LogP contribution in [0.4, 0.5) is 0 Å². The Labute approximate surface area is 78.8 Å². The minimum Gasteiger partial charge on any atom is -0.0654 e. The molecule has 0 radical (unpaired) electrons. The van der Waals surface area contributed by atoms with Crippen molar-refractivity contribution in [3.8, 4) is 0 Å². The van der Waals surface area contributed by atoms with Crippen molar-refractivity contribution >= 4 is 0 Å². The van der Waals surface area contributed by atoms with Crippen LogP contribution < -0.4 is 0 Å². The third-order valence-electron chi connectivity index (χ3n) is 2.51. The summed E-state index contributed by atoms with van der Waals surface area (Å²) in [7, 11) is 0. The lowest BCUT2D eigenvalue weighted by Crippen LogP contribution is -1.81. The fourth-order valence-electron chi connectivity index (χ4n) is 1.71. The molecule has 0 aromatic rings. The minimum atomic E-state index is 0.898. The van der Waals surface area contributed by atoms with Crippen molar-refractivity contribution in [2.75, 3.05) is 0 Å². The Morgan fingerprint density at radius 3 is 1.75 bits per heavy atom. The van der Waals surface area contributed by atoms with Gasteiger partial charge in [0, 0.05) is 0 Å². The summed E-state index contributed by atoms with van der Waals surface area (Å²) in [6, 6.07) is 0. The second-order valence-electron chi connectivity index (χ2n) is 4.57. The van der Waals surface area contributed by atoms with E-state index in [0.29, 0.717) is 0 Å². The van der Waals surface area contributed by atoms with Crippen molar-refractivity contribution in [3.05, 3.63) is 0 Å². The predicted molar refractivity (Wildman–Crippen MR) is 57.4 cm³/mol. The van der Waals surface area contributed by atoms with Crippen LogP contribution in [0, 0.1) is 11.8 Å². The zero-order chi connectivity index (χ0) is 9.40. The van der Waals surface area contributed by atoms with Gasteiger partial charge in [-0.15, -0.1) is 0 Å². The molecule has 0 amide bonds. The molecule has 1 aliphatic carbocycles. The van der Waals surface area contributed by atoms with Gasteiger partial charge in [-0.25, -0.2) is 0 Å². The van der Waals surface area contributed by atoms with E-state index < -0.39 is 0 Å². The lowest BCUT2D eigenvalue weighted by Gasteiger charge is -1.95. The number of hydrogen-bond acceptors (Lipinski definition) is 0. The molecular formula is C12H26. The summed E-state index contributed by atoms with van der Waals surface area (Å²) in [6.07, 6.45) is 8.65. The molecule has 1 rings (SSSR count). The van der Waals surface area contributed by atoms with Crippen LogP contribution in [-0.2, 0) is 0 Å². The normalized spacial score (nSPS) is 17.8. The highest BCUT2D eigenvalue weighted by Gasteiger charge is 2.07. The van der Waals surface area contributed by atoms with Gasteiger partial charge in [0.15, 0.2) is 0 Å². The molecule has 0 unspecified atom stereocenters. The first kappa shape index (κ1) is 12.0. The molecule has 0 atom stereocenters. The predicted octanol–water partition coefficient (Wildman–Crippen LogP) is 4.64. The van der Waals surface area contributed by atoms with Gasteiger partial charge in [-0.2, -0.15) is 0 Å². The molecular weight excluding hydrogens is 144 g/mol. The molecule has 0 bridgehead atoms. The second-order valence-corrected chi connectivity index (χ2v) is 4.57. The largest absolute Gasteiger partial charge is 0.0654 e. The molecule has 0 heteroatoms. The molecule has 1 aliphatic rings. The summed E-state index contributed by atoms with van der Waals surface area (Å²) in [5.41, 5.74) is 0. The zero-order valence-corrected chi connectivity index (χ0v) is 9.40. The van der Waals surface area contributed by atoms with Gasteiger partial charge in [-0.05, 0) is 11.8 Å². The highest BCUT2D eigenvalue weighted by Crippen LogP contribution is 2.22. The Morgan fingerprint density at radius 1 is 1.17 bits per heavy atom. The average molecular weight is 170 g/mol. The molecule has 74 valence electrons. The maximum Gasteiger partial charge on any atom is -0.0443 e. The lowest BCUT2D eigenvalue weighted by atomic mass is 10.1. The molecule has 0 aliphatic heterocycles. The van der Waals surface area contributed by atoms with E-state index in [2.05, 4.69) is 27.7 Å². The van der Waals surface area contributed by atoms with Crippen molar-refractivity contribution in [2.24, 2.45) is 11.8 Å². The minimum absolute atomic E-state index is 0.898. The SMILES string of the molecule is CC1CCCC1.CCCC(C)C. The van der Waals surface area contributed by atoms with Gasteiger partial charge in [0.2, 0.25) is 0 Å². The summed E-state index contributed by atoms with van der Waals surface area (Å²) in [4.78, 5) is 0. The van der Waals surface area contributed by atoms with E-state index in [1.165, 1.54) is 38.5 Å². The molecule has 1 saturated carbocycles. The third kappa shape index (κ3) is 8.10. The first-order chi connectivity index (χ1) is 5.66. The van der Waals surface area contributed by atoms with Crippen molar-refractivity contribution in [3.63, 3.8) is 0 Å². The van der Waals surface area contributed by atoms with E-state index in [1.54, 1.807) is 0 Å². The van der Waals surface area contributed by atoms with Gasteiger partial charge in [0.05, 0.1) is 0 Å². The van der Waals surface area contributed by atoms with Crippen LogP contribution in [0.3, 0.4) is 0 Å². The highest BCUT2D eigenvalue weighted by atomic mass is 14.1. The molecule has 0 N–H and O–H groups in total. The Balaban J connectivity index is 0.000000202. The summed E-state index contributed by atoms with van der Waals surface area (Å²) >= 11 is 0. The van der Waals surface area contributed by atoms with Gasteiger partial charge < -0.3 is 0 Å². The van der Waals surface area contributed by atoms with Gasteiger partial charge in [-0.3, -0.25) is 0 Å². The summed E-state index contributed by atoms with van der Waals surface area (Å²) in [6.45, 7) is 9.07. The molecule has 0 nitrogen and oxygen atoms in total. The van der Waals surface area contributed by atoms with Crippen molar-refractivity contribution in [1.82, 2.24) is 0 Å². The summed E-state index contributed by atoms with van der Waals surface area (Å²) < 4.78 is 0. The Bertz CT molecular complexity index is 78.0. The molecule has 0 saturated heterocycles. The Morgan fingerprint density at radius 2 is 1.67 bits per heavy atom. The molecule has 0 spiro atoms. The van der Waals surface area contributed by atoms with Gasteiger partial charge >= 0.3 is 0 Å². The summed E-state index contributed by atoms with van der Waals surface area (Å²) in [5, 5.41) is 0. The molecule has 1 fully saturated rings.